The van der Waals surface area contributed by atoms with Gasteiger partial charge in [-0.25, -0.2) is 9.55 Å². The van der Waals surface area contributed by atoms with Crippen molar-refractivity contribution < 1.29 is 9.53 Å². The topological polar surface area (TPSA) is 61.2 Å². The maximum atomic E-state index is 12.0. The molecule has 0 radical (unpaired) electrons. The second-order valence-electron chi connectivity index (χ2n) is 4.28. The van der Waals surface area contributed by atoms with Gasteiger partial charge in [0.15, 0.2) is 0 Å². The van der Waals surface area contributed by atoms with Crippen LogP contribution in [0.3, 0.4) is 0 Å². The number of hydrogen-bond donors (Lipinski definition) is 0. The average Bonchev–Trinajstić information content (AvgIpc) is 2.33. The Labute approximate surface area is 110 Å². The van der Waals surface area contributed by atoms with Gasteiger partial charge >= 0.3 is 5.97 Å². The minimum absolute atomic E-state index is 0.207. The fraction of sp³-hybridized carbons (Fsp3) is 0.214. The number of aryl methyl sites for hydroxylation is 2. The molecular formula is C14H14N2O3. The maximum absolute atomic E-state index is 12.0. The van der Waals surface area contributed by atoms with Crippen LogP contribution in [0.2, 0.25) is 0 Å². The summed E-state index contributed by atoms with van der Waals surface area (Å²) in [4.78, 5) is 27.3. The van der Waals surface area contributed by atoms with Crippen molar-refractivity contribution >= 4 is 5.97 Å². The molecule has 0 fully saturated rings. The predicted octanol–water partition coefficient (Wildman–Crippen LogP) is 1.77. The van der Waals surface area contributed by atoms with Crippen molar-refractivity contribution in [1.82, 2.24) is 9.55 Å². The second-order valence-corrected chi connectivity index (χ2v) is 4.28. The molecule has 0 aromatic carbocycles. The Morgan fingerprint density at radius 1 is 1.26 bits per heavy atom. The Kier molecular flexibility index (Phi) is 3.46. The third-order valence-electron chi connectivity index (χ3n) is 2.61. The Bertz CT molecular complexity index is 689. The molecule has 0 spiro atoms. The smallest absolute Gasteiger partial charge is 0.309 e. The van der Waals surface area contributed by atoms with Gasteiger partial charge in [-0.1, -0.05) is 0 Å². The predicted molar refractivity (Wildman–Crippen MR) is 70.6 cm³/mol. The summed E-state index contributed by atoms with van der Waals surface area (Å²) < 4.78 is 6.43. The van der Waals surface area contributed by atoms with E-state index >= 15 is 0 Å². The lowest BCUT2D eigenvalue weighted by Gasteiger charge is -2.13. The maximum Gasteiger partial charge on any atom is 0.309 e. The molecule has 0 saturated heterocycles. The lowest BCUT2D eigenvalue weighted by atomic mass is 10.2. The number of rotatable bonds is 2. The van der Waals surface area contributed by atoms with E-state index in [2.05, 4.69) is 4.98 Å². The first kappa shape index (κ1) is 13.0. The zero-order valence-electron chi connectivity index (χ0n) is 11.0. The van der Waals surface area contributed by atoms with E-state index in [-0.39, 0.29) is 11.4 Å². The first-order valence-electron chi connectivity index (χ1n) is 5.83. The van der Waals surface area contributed by atoms with Gasteiger partial charge in [-0.3, -0.25) is 9.59 Å². The van der Waals surface area contributed by atoms with Crippen molar-refractivity contribution in [3.63, 3.8) is 0 Å². The molecule has 0 unspecified atom stereocenters. The monoisotopic (exact) mass is 258 g/mol. The third kappa shape index (κ3) is 2.70. The molecule has 0 aliphatic carbocycles. The van der Waals surface area contributed by atoms with Gasteiger partial charge in [-0.05, 0) is 37.6 Å². The zero-order chi connectivity index (χ0) is 14.0. The van der Waals surface area contributed by atoms with Gasteiger partial charge in [0.1, 0.15) is 5.82 Å². The molecule has 2 rings (SSSR count). The third-order valence-corrected chi connectivity index (χ3v) is 2.61. The van der Waals surface area contributed by atoms with Crippen molar-refractivity contribution in [1.29, 1.82) is 0 Å². The van der Waals surface area contributed by atoms with Crippen molar-refractivity contribution in [2.75, 3.05) is 0 Å². The highest BCUT2D eigenvalue weighted by Gasteiger charge is 2.13. The van der Waals surface area contributed by atoms with Crippen LogP contribution in [-0.4, -0.2) is 15.5 Å². The van der Waals surface area contributed by atoms with Gasteiger partial charge in [0, 0.05) is 24.8 Å². The van der Waals surface area contributed by atoms with Gasteiger partial charge in [-0.2, -0.15) is 0 Å². The van der Waals surface area contributed by atoms with E-state index in [9.17, 15) is 9.59 Å². The largest absolute Gasteiger partial charge is 0.409 e. The molecule has 0 atom stereocenters. The number of ether oxygens (including phenoxy) is 1. The van der Waals surface area contributed by atoms with Gasteiger partial charge in [0.25, 0.3) is 5.56 Å². The van der Waals surface area contributed by atoms with Gasteiger partial charge in [0.05, 0.1) is 0 Å². The molecule has 0 aliphatic rings. The molecule has 0 amide bonds. The molecule has 19 heavy (non-hydrogen) atoms. The highest BCUT2D eigenvalue weighted by atomic mass is 16.5. The lowest BCUT2D eigenvalue weighted by Crippen LogP contribution is -2.22. The molecule has 2 heterocycles. The van der Waals surface area contributed by atoms with Gasteiger partial charge in [0.2, 0.25) is 5.88 Å². The summed E-state index contributed by atoms with van der Waals surface area (Å²) >= 11 is 0. The molecule has 0 aliphatic heterocycles. The van der Waals surface area contributed by atoms with Crippen molar-refractivity contribution in [2.45, 2.75) is 20.8 Å². The van der Waals surface area contributed by atoms with Crippen LogP contribution >= 0.6 is 0 Å². The number of carbonyl (C=O) groups excluding carboxylic acids is 1. The van der Waals surface area contributed by atoms with E-state index in [4.69, 9.17) is 4.74 Å². The van der Waals surface area contributed by atoms with Crippen molar-refractivity contribution in [2.24, 2.45) is 0 Å². The summed E-state index contributed by atoms with van der Waals surface area (Å²) in [5.74, 6) is 0.165. The van der Waals surface area contributed by atoms with Crippen LogP contribution in [0.4, 0.5) is 0 Å². The molecule has 5 nitrogen and oxygen atoms in total. The van der Waals surface area contributed by atoms with E-state index < -0.39 is 5.97 Å². The van der Waals surface area contributed by atoms with Gasteiger partial charge < -0.3 is 4.74 Å². The van der Waals surface area contributed by atoms with E-state index in [0.29, 0.717) is 11.4 Å². The summed E-state index contributed by atoms with van der Waals surface area (Å²) in [7, 11) is 0. The van der Waals surface area contributed by atoms with E-state index in [1.54, 1.807) is 25.3 Å². The molecule has 0 bridgehead atoms. The molecular weight excluding hydrogens is 244 g/mol. The van der Waals surface area contributed by atoms with E-state index in [1.165, 1.54) is 17.6 Å². The number of nitrogens with zero attached hydrogens (tertiary/aromatic N) is 2. The highest BCUT2D eigenvalue weighted by Crippen LogP contribution is 2.19. The summed E-state index contributed by atoms with van der Waals surface area (Å²) in [5, 5.41) is 0. The van der Waals surface area contributed by atoms with Crippen LogP contribution < -0.4 is 10.3 Å². The van der Waals surface area contributed by atoms with Gasteiger partial charge in [-0.15, -0.1) is 0 Å². The second kappa shape index (κ2) is 5.06. The first-order chi connectivity index (χ1) is 8.99. The van der Waals surface area contributed by atoms with Crippen molar-refractivity contribution in [3.05, 3.63) is 51.9 Å². The summed E-state index contributed by atoms with van der Waals surface area (Å²) in [5.41, 5.74) is 1.37. The minimum atomic E-state index is -0.477. The Morgan fingerprint density at radius 2 is 2.00 bits per heavy atom. The van der Waals surface area contributed by atoms with E-state index in [1.807, 2.05) is 13.0 Å². The average molecular weight is 258 g/mol. The Hall–Kier alpha value is -2.43. The molecule has 2 aromatic rings. The number of pyridine rings is 2. The highest BCUT2D eigenvalue weighted by molar-refractivity contribution is 5.69. The fourth-order valence-electron chi connectivity index (χ4n) is 1.74. The van der Waals surface area contributed by atoms with Crippen LogP contribution in [-0.2, 0) is 4.79 Å². The normalized spacial score (nSPS) is 10.3. The minimum Gasteiger partial charge on any atom is -0.409 e. The summed E-state index contributed by atoms with van der Waals surface area (Å²) in [6, 6.07) is 6.63. The molecule has 98 valence electrons. The molecule has 5 heteroatoms. The van der Waals surface area contributed by atoms with Crippen molar-refractivity contribution in [3.8, 4) is 11.7 Å². The van der Waals surface area contributed by atoms with Crippen LogP contribution in [0.15, 0.2) is 35.3 Å². The lowest BCUT2D eigenvalue weighted by molar-refractivity contribution is -0.132. The molecule has 0 saturated carbocycles. The number of carbonyl (C=O) groups is 1. The fourth-order valence-corrected chi connectivity index (χ4v) is 1.74. The van der Waals surface area contributed by atoms with Crippen LogP contribution in [0.1, 0.15) is 18.1 Å². The van der Waals surface area contributed by atoms with Crippen LogP contribution in [0.5, 0.6) is 5.88 Å². The van der Waals surface area contributed by atoms with Crippen LogP contribution in [0, 0.1) is 13.8 Å². The molecule has 2 aromatic heterocycles. The summed E-state index contributed by atoms with van der Waals surface area (Å²) in [6.45, 7) is 4.96. The number of esters is 1. The standard InChI is InChI=1S/C14H14N2O3/c1-9-6-7-15-12(8-9)16-13(18)5-4-10(2)14(16)19-11(3)17/h4-8H,1-3H3. The van der Waals surface area contributed by atoms with Crippen LogP contribution in [0.25, 0.3) is 5.82 Å². The van der Waals surface area contributed by atoms with E-state index in [0.717, 1.165) is 5.56 Å². The first-order valence-corrected chi connectivity index (χ1v) is 5.83. The SMILES string of the molecule is CC(=O)Oc1c(C)ccc(=O)n1-c1cc(C)ccn1. The zero-order valence-corrected chi connectivity index (χ0v) is 11.0. The quantitative estimate of drug-likeness (QED) is 0.770. The Balaban J connectivity index is 2.71. The summed E-state index contributed by atoms with van der Waals surface area (Å²) in [6.07, 6.45) is 1.61. The number of aromatic nitrogens is 2. The Morgan fingerprint density at radius 3 is 2.63 bits per heavy atom. The molecule has 0 N–H and O–H groups in total. The number of hydrogen-bond acceptors (Lipinski definition) is 4.